The fourth-order valence-corrected chi connectivity index (χ4v) is 3.28. The van der Waals surface area contributed by atoms with Crippen molar-refractivity contribution in [2.24, 2.45) is 0 Å². The van der Waals surface area contributed by atoms with Crippen LogP contribution >= 0.6 is 0 Å². The van der Waals surface area contributed by atoms with Gasteiger partial charge in [-0.25, -0.2) is 4.98 Å². The van der Waals surface area contributed by atoms with Crippen molar-refractivity contribution in [3.8, 4) is 0 Å². The topological polar surface area (TPSA) is 78.4 Å². The fraction of sp³-hybridized carbons (Fsp3) is 0.368. The quantitative estimate of drug-likeness (QED) is 0.904. The first-order valence-corrected chi connectivity index (χ1v) is 8.62. The number of piperidine rings is 1. The van der Waals surface area contributed by atoms with Crippen molar-refractivity contribution >= 4 is 17.5 Å². The van der Waals surface area contributed by atoms with E-state index in [1.165, 1.54) is 18.6 Å². The molecule has 7 nitrogen and oxygen atoms in total. The Balaban J connectivity index is 1.76. The Kier molecular flexibility index (Phi) is 5.16. The Bertz CT molecular complexity index is 756. The third-order valence-electron chi connectivity index (χ3n) is 4.66. The summed E-state index contributed by atoms with van der Waals surface area (Å²) in [6.45, 7) is 0.962. The summed E-state index contributed by atoms with van der Waals surface area (Å²) in [6.07, 6.45) is 5.58. The number of amides is 2. The van der Waals surface area contributed by atoms with Crippen LogP contribution in [0.1, 0.15) is 23.3 Å². The second kappa shape index (κ2) is 7.51. The van der Waals surface area contributed by atoms with E-state index < -0.39 is 5.54 Å². The monoisotopic (exact) mass is 353 g/mol. The van der Waals surface area contributed by atoms with Crippen molar-refractivity contribution in [2.45, 2.75) is 18.4 Å². The lowest BCUT2D eigenvalue weighted by Crippen LogP contribution is -2.58. The third kappa shape index (κ3) is 3.66. The highest BCUT2D eigenvalue weighted by Crippen LogP contribution is 2.29. The molecule has 2 amide bonds. The number of benzene rings is 1. The lowest BCUT2D eigenvalue weighted by Gasteiger charge is -2.42. The molecule has 0 aliphatic carbocycles. The van der Waals surface area contributed by atoms with Gasteiger partial charge in [0.1, 0.15) is 11.2 Å². The molecule has 1 aliphatic rings. The fourth-order valence-electron chi connectivity index (χ4n) is 3.28. The van der Waals surface area contributed by atoms with Crippen LogP contribution < -0.4 is 5.32 Å². The van der Waals surface area contributed by atoms with Crippen LogP contribution in [0.4, 0.5) is 5.69 Å². The van der Waals surface area contributed by atoms with Gasteiger partial charge in [-0.1, -0.05) is 18.2 Å². The zero-order chi connectivity index (χ0) is 18.6. The van der Waals surface area contributed by atoms with E-state index in [0.717, 1.165) is 5.69 Å². The summed E-state index contributed by atoms with van der Waals surface area (Å²) in [7, 11) is 3.52. The van der Waals surface area contributed by atoms with Gasteiger partial charge in [-0.2, -0.15) is 0 Å². The summed E-state index contributed by atoms with van der Waals surface area (Å²) in [6, 6.07) is 9.70. The molecular formula is C19H23N5O2. The summed E-state index contributed by atoms with van der Waals surface area (Å²) in [5.74, 6) is -0.128. The number of para-hydroxylation sites is 1. The lowest BCUT2D eigenvalue weighted by molar-refractivity contribution is -0.135. The average Bonchev–Trinajstić information content (AvgIpc) is 2.69. The SMILES string of the molecule is CN(C)C(=O)C1(Nc2ccccc2)CCN(C(=O)c2cnccn2)CC1. The molecule has 136 valence electrons. The van der Waals surface area contributed by atoms with Gasteiger partial charge in [0.25, 0.3) is 5.91 Å². The maximum Gasteiger partial charge on any atom is 0.274 e. The van der Waals surface area contributed by atoms with Crippen LogP contribution in [0.5, 0.6) is 0 Å². The van der Waals surface area contributed by atoms with Gasteiger partial charge in [0.05, 0.1) is 6.20 Å². The molecule has 0 unspecified atom stereocenters. The third-order valence-corrected chi connectivity index (χ3v) is 4.66. The molecule has 0 saturated carbocycles. The maximum absolute atomic E-state index is 12.9. The summed E-state index contributed by atoms with van der Waals surface area (Å²) in [4.78, 5) is 36.9. The zero-order valence-corrected chi connectivity index (χ0v) is 15.1. The molecule has 0 atom stereocenters. The van der Waals surface area contributed by atoms with Crippen LogP contribution in [0, 0.1) is 0 Å². The minimum Gasteiger partial charge on any atom is -0.371 e. The summed E-state index contributed by atoms with van der Waals surface area (Å²) < 4.78 is 0. The molecule has 1 N–H and O–H groups in total. The minimum atomic E-state index is -0.718. The molecule has 2 heterocycles. The second-order valence-electron chi connectivity index (χ2n) is 6.66. The van der Waals surface area contributed by atoms with Crippen LogP contribution in [0.25, 0.3) is 0 Å². The van der Waals surface area contributed by atoms with Gasteiger partial charge in [-0.15, -0.1) is 0 Å². The number of likely N-dealkylation sites (N-methyl/N-ethyl adjacent to an activating group) is 1. The number of hydrogen-bond acceptors (Lipinski definition) is 5. The molecule has 1 saturated heterocycles. The molecule has 7 heteroatoms. The van der Waals surface area contributed by atoms with Gasteiger partial charge in [0.2, 0.25) is 5.91 Å². The maximum atomic E-state index is 12.9. The van der Waals surface area contributed by atoms with Gasteiger partial charge in [-0.3, -0.25) is 14.6 Å². The number of nitrogens with zero attached hydrogens (tertiary/aromatic N) is 4. The Morgan fingerprint density at radius 2 is 1.81 bits per heavy atom. The van der Waals surface area contributed by atoms with E-state index >= 15 is 0 Å². The largest absolute Gasteiger partial charge is 0.371 e. The van der Waals surface area contributed by atoms with Crippen molar-refractivity contribution in [2.75, 3.05) is 32.5 Å². The summed E-state index contributed by atoms with van der Waals surface area (Å²) >= 11 is 0. The number of likely N-dealkylation sites (tertiary alicyclic amines) is 1. The van der Waals surface area contributed by atoms with Crippen LogP contribution in [-0.4, -0.2) is 64.3 Å². The van der Waals surface area contributed by atoms with Crippen molar-refractivity contribution in [3.63, 3.8) is 0 Å². The van der Waals surface area contributed by atoms with Gasteiger partial charge in [0, 0.05) is 45.3 Å². The number of carbonyl (C=O) groups is 2. The number of hydrogen-bond donors (Lipinski definition) is 1. The minimum absolute atomic E-state index is 0.0213. The second-order valence-corrected chi connectivity index (χ2v) is 6.66. The molecular weight excluding hydrogens is 330 g/mol. The van der Waals surface area contributed by atoms with Crippen molar-refractivity contribution in [1.29, 1.82) is 0 Å². The number of rotatable bonds is 4. The number of anilines is 1. The number of aromatic nitrogens is 2. The molecule has 1 aliphatic heterocycles. The van der Waals surface area contributed by atoms with Gasteiger partial charge in [-0.05, 0) is 25.0 Å². The van der Waals surface area contributed by atoms with E-state index in [2.05, 4.69) is 15.3 Å². The summed E-state index contributed by atoms with van der Waals surface area (Å²) in [5.41, 5.74) is 0.510. The first-order chi connectivity index (χ1) is 12.5. The molecule has 26 heavy (non-hydrogen) atoms. The zero-order valence-electron chi connectivity index (χ0n) is 15.1. The molecule has 0 bridgehead atoms. The van der Waals surface area contributed by atoms with E-state index in [4.69, 9.17) is 0 Å². The Hall–Kier alpha value is -2.96. The smallest absolute Gasteiger partial charge is 0.274 e. The normalized spacial score (nSPS) is 16.0. The molecule has 1 aromatic heterocycles. The first-order valence-electron chi connectivity index (χ1n) is 8.62. The highest BCUT2D eigenvalue weighted by atomic mass is 16.2. The predicted octanol–water partition coefficient (Wildman–Crippen LogP) is 1.65. The first kappa shape index (κ1) is 17.8. The summed E-state index contributed by atoms with van der Waals surface area (Å²) in [5, 5.41) is 3.42. The van der Waals surface area contributed by atoms with Gasteiger partial charge in [0.15, 0.2) is 0 Å². The van der Waals surface area contributed by atoms with Crippen molar-refractivity contribution in [3.05, 3.63) is 54.6 Å². The lowest BCUT2D eigenvalue weighted by atomic mass is 9.85. The number of carbonyl (C=O) groups excluding carboxylic acids is 2. The average molecular weight is 353 g/mol. The Labute approximate surface area is 153 Å². The van der Waals surface area contributed by atoms with E-state index in [-0.39, 0.29) is 11.8 Å². The highest BCUT2D eigenvalue weighted by Gasteiger charge is 2.43. The molecule has 0 spiro atoms. The van der Waals surface area contributed by atoms with Crippen molar-refractivity contribution < 1.29 is 9.59 Å². The van der Waals surface area contributed by atoms with Crippen LogP contribution in [0.2, 0.25) is 0 Å². The van der Waals surface area contributed by atoms with Crippen LogP contribution in [0.15, 0.2) is 48.9 Å². The predicted molar refractivity (Wildman–Crippen MR) is 98.7 cm³/mol. The molecule has 3 rings (SSSR count). The molecule has 0 radical (unpaired) electrons. The Morgan fingerprint density at radius 3 is 2.38 bits per heavy atom. The molecule has 2 aromatic rings. The van der Waals surface area contributed by atoms with E-state index in [1.54, 1.807) is 23.9 Å². The standard InChI is InChI=1S/C19H23N5O2/c1-23(2)18(26)19(22-15-6-4-3-5-7-15)8-12-24(13-9-19)17(25)16-14-20-10-11-21-16/h3-7,10-11,14,22H,8-9,12-13H2,1-2H3. The van der Waals surface area contributed by atoms with Crippen LogP contribution in [0.3, 0.4) is 0 Å². The van der Waals surface area contributed by atoms with Crippen molar-refractivity contribution in [1.82, 2.24) is 19.8 Å². The number of nitrogens with one attached hydrogen (secondary N) is 1. The van der Waals surface area contributed by atoms with E-state index in [1.807, 2.05) is 30.3 Å². The van der Waals surface area contributed by atoms with E-state index in [9.17, 15) is 9.59 Å². The van der Waals surface area contributed by atoms with Crippen LogP contribution in [-0.2, 0) is 4.79 Å². The molecule has 1 aromatic carbocycles. The Morgan fingerprint density at radius 1 is 1.12 bits per heavy atom. The van der Waals surface area contributed by atoms with E-state index in [0.29, 0.717) is 31.6 Å². The highest BCUT2D eigenvalue weighted by molar-refractivity contribution is 5.93. The van der Waals surface area contributed by atoms with Gasteiger partial charge < -0.3 is 15.1 Å². The molecule has 1 fully saturated rings. The van der Waals surface area contributed by atoms with Gasteiger partial charge >= 0.3 is 0 Å².